The van der Waals surface area contributed by atoms with Crippen LogP contribution in [0.1, 0.15) is 42.8 Å². The molecule has 1 aromatic carbocycles. The van der Waals surface area contributed by atoms with Gasteiger partial charge in [-0.25, -0.2) is 4.79 Å². The summed E-state index contributed by atoms with van der Waals surface area (Å²) >= 11 is 0. The number of nitrogens with zero attached hydrogens (tertiary/aromatic N) is 1. The number of carbonyl (C=O) groups is 1. The second-order valence-corrected chi connectivity index (χ2v) is 5.23. The number of fused-ring (bicyclic) bond motifs is 1. The molecule has 0 aliphatic rings. The van der Waals surface area contributed by atoms with E-state index in [1.807, 2.05) is 26.0 Å². The van der Waals surface area contributed by atoms with Gasteiger partial charge in [-0.15, -0.1) is 0 Å². The second kappa shape index (κ2) is 6.57. The lowest BCUT2D eigenvalue weighted by Gasteiger charge is -2.19. The molecule has 0 aliphatic carbocycles. The van der Waals surface area contributed by atoms with E-state index in [4.69, 9.17) is 4.42 Å². The number of amides is 1. The monoisotopic (exact) mass is 287 g/mol. The summed E-state index contributed by atoms with van der Waals surface area (Å²) in [4.78, 5) is 26.2. The van der Waals surface area contributed by atoms with E-state index in [2.05, 4.69) is 6.92 Å². The van der Waals surface area contributed by atoms with Gasteiger partial charge in [-0.1, -0.05) is 31.0 Å². The molecule has 1 aromatic heterocycles. The first-order valence-corrected chi connectivity index (χ1v) is 7.40. The normalized spacial score (nSPS) is 10.8. The van der Waals surface area contributed by atoms with E-state index in [0.717, 1.165) is 23.8 Å². The third-order valence-electron chi connectivity index (χ3n) is 3.58. The predicted molar refractivity (Wildman–Crippen MR) is 83.7 cm³/mol. The molecule has 0 saturated carbocycles. The highest BCUT2D eigenvalue weighted by molar-refractivity contribution is 5.95. The van der Waals surface area contributed by atoms with Crippen LogP contribution in [0.15, 0.2) is 33.5 Å². The minimum atomic E-state index is -0.453. The molecule has 0 saturated heterocycles. The average molecular weight is 287 g/mol. The second-order valence-electron chi connectivity index (χ2n) is 5.23. The molecular weight excluding hydrogens is 266 g/mol. The first-order valence-electron chi connectivity index (χ1n) is 7.40. The Hall–Kier alpha value is -2.10. The van der Waals surface area contributed by atoms with Crippen LogP contribution >= 0.6 is 0 Å². The smallest absolute Gasteiger partial charge is 0.344 e. The van der Waals surface area contributed by atoms with Crippen molar-refractivity contribution in [3.05, 3.63) is 46.0 Å². The van der Waals surface area contributed by atoms with Crippen molar-refractivity contribution in [3.63, 3.8) is 0 Å². The fourth-order valence-corrected chi connectivity index (χ4v) is 2.31. The van der Waals surface area contributed by atoms with Crippen molar-refractivity contribution >= 4 is 16.7 Å². The molecule has 0 spiro atoms. The zero-order valence-corrected chi connectivity index (χ0v) is 12.8. The van der Waals surface area contributed by atoms with Crippen molar-refractivity contribution < 1.29 is 9.21 Å². The summed E-state index contributed by atoms with van der Waals surface area (Å²) in [6.07, 6.45) is 1.96. The number of hydrogen-bond acceptors (Lipinski definition) is 3. The van der Waals surface area contributed by atoms with E-state index in [9.17, 15) is 9.59 Å². The number of unbranched alkanes of at least 4 members (excludes halogenated alkanes) is 1. The Morgan fingerprint density at radius 1 is 1.24 bits per heavy atom. The number of aryl methyl sites for hydroxylation is 1. The average Bonchev–Trinajstić information content (AvgIpc) is 2.48. The maximum absolute atomic E-state index is 12.4. The van der Waals surface area contributed by atoms with Crippen molar-refractivity contribution in [1.82, 2.24) is 4.90 Å². The molecule has 0 atom stereocenters. The Morgan fingerprint density at radius 3 is 2.67 bits per heavy atom. The molecule has 0 aliphatic heterocycles. The van der Waals surface area contributed by atoms with Gasteiger partial charge in [0.25, 0.3) is 5.91 Å². The highest BCUT2D eigenvalue weighted by atomic mass is 16.4. The van der Waals surface area contributed by atoms with E-state index >= 15 is 0 Å². The molecule has 1 amide bonds. The van der Waals surface area contributed by atoms with Gasteiger partial charge in [-0.2, -0.15) is 0 Å². The van der Waals surface area contributed by atoms with Crippen LogP contribution in [0.25, 0.3) is 10.8 Å². The Labute approximate surface area is 124 Å². The lowest BCUT2D eigenvalue weighted by Crippen LogP contribution is -2.32. The Bertz CT molecular complexity index is 703. The van der Waals surface area contributed by atoms with Gasteiger partial charge < -0.3 is 9.32 Å². The summed E-state index contributed by atoms with van der Waals surface area (Å²) in [6, 6.07) is 7.21. The standard InChI is InChI=1S/C17H21NO3/c1-4-6-9-18(5-2)16(19)15-11-13-8-7-12(3)10-14(13)17(20)21-15/h7-8,10-11H,4-6,9H2,1-3H3. The molecule has 112 valence electrons. The zero-order chi connectivity index (χ0) is 15.4. The third kappa shape index (κ3) is 3.32. The third-order valence-corrected chi connectivity index (χ3v) is 3.58. The molecule has 1 heterocycles. The van der Waals surface area contributed by atoms with Crippen LogP contribution in [0.3, 0.4) is 0 Å². The predicted octanol–water partition coefficient (Wildman–Crippen LogP) is 3.36. The van der Waals surface area contributed by atoms with Crippen LogP contribution in [-0.4, -0.2) is 23.9 Å². The molecule has 0 fully saturated rings. The summed E-state index contributed by atoms with van der Waals surface area (Å²) < 4.78 is 5.22. The molecular formula is C17H21NO3. The SMILES string of the molecule is CCCCN(CC)C(=O)c1cc2ccc(C)cc2c(=O)o1. The molecule has 4 nitrogen and oxygen atoms in total. The van der Waals surface area contributed by atoms with Gasteiger partial charge in [0.15, 0.2) is 5.76 Å². The molecule has 0 radical (unpaired) electrons. The Morgan fingerprint density at radius 2 is 2.00 bits per heavy atom. The van der Waals surface area contributed by atoms with Gasteiger partial charge in [0.2, 0.25) is 0 Å². The van der Waals surface area contributed by atoms with E-state index in [1.165, 1.54) is 0 Å². The first kappa shape index (κ1) is 15.3. The van der Waals surface area contributed by atoms with Gasteiger partial charge >= 0.3 is 5.63 Å². The summed E-state index contributed by atoms with van der Waals surface area (Å²) in [7, 11) is 0. The highest BCUT2D eigenvalue weighted by Crippen LogP contribution is 2.15. The van der Waals surface area contributed by atoms with Gasteiger partial charge in [-0.05, 0) is 37.8 Å². The van der Waals surface area contributed by atoms with Crippen LogP contribution in [0.4, 0.5) is 0 Å². The van der Waals surface area contributed by atoms with E-state index < -0.39 is 5.63 Å². The van der Waals surface area contributed by atoms with Crippen molar-refractivity contribution in [2.45, 2.75) is 33.6 Å². The van der Waals surface area contributed by atoms with Crippen LogP contribution in [-0.2, 0) is 0 Å². The highest BCUT2D eigenvalue weighted by Gasteiger charge is 2.18. The Kier molecular flexibility index (Phi) is 4.78. The summed E-state index contributed by atoms with van der Waals surface area (Å²) in [5, 5.41) is 1.26. The number of hydrogen-bond donors (Lipinski definition) is 0. The summed E-state index contributed by atoms with van der Waals surface area (Å²) in [5.41, 5.74) is 0.540. The van der Waals surface area contributed by atoms with Gasteiger partial charge in [-0.3, -0.25) is 4.79 Å². The molecule has 0 bridgehead atoms. The maximum Gasteiger partial charge on any atom is 0.344 e. The molecule has 2 rings (SSSR count). The number of carbonyl (C=O) groups excluding carboxylic acids is 1. The molecule has 4 heteroatoms. The zero-order valence-electron chi connectivity index (χ0n) is 12.8. The van der Waals surface area contributed by atoms with E-state index in [0.29, 0.717) is 18.5 Å². The first-order chi connectivity index (χ1) is 10.1. The van der Waals surface area contributed by atoms with Crippen LogP contribution in [0.5, 0.6) is 0 Å². The van der Waals surface area contributed by atoms with Gasteiger partial charge in [0, 0.05) is 13.1 Å². The largest absolute Gasteiger partial charge is 0.417 e. The Balaban J connectivity index is 2.40. The minimum absolute atomic E-state index is 0.120. The van der Waals surface area contributed by atoms with Crippen LogP contribution < -0.4 is 5.63 Å². The van der Waals surface area contributed by atoms with Crippen molar-refractivity contribution in [2.75, 3.05) is 13.1 Å². The van der Waals surface area contributed by atoms with Crippen LogP contribution in [0.2, 0.25) is 0 Å². The van der Waals surface area contributed by atoms with Gasteiger partial charge in [0.1, 0.15) is 0 Å². The van der Waals surface area contributed by atoms with E-state index in [1.54, 1.807) is 17.0 Å². The van der Waals surface area contributed by atoms with E-state index in [-0.39, 0.29) is 11.7 Å². The van der Waals surface area contributed by atoms with Crippen molar-refractivity contribution in [2.24, 2.45) is 0 Å². The van der Waals surface area contributed by atoms with Crippen molar-refractivity contribution in [1.29, 1.82) is 0 Å². The minimum Gasteiger partial charge on any atom is -0.417 e. The molecule has 2 aromatic rings. The molecule has 21 heavy (non-hydrogen) atoms. The molecule has 0 N–H and O–H groups in total. The maximum atomic E-state index is 12.4. The van der Waals surface area contributed by atoms with Gasteiger partial charge in [0.05, 0.1) is 5.39 Å². The van der Waals surface area contributed by atoms with Crippen LogP contribution in [0, 0.1) is 6.92 Å². The number of rotatable bonds is 5. The summed E-state index contributed by atoms with van der Waals surface area (Å²) in [6.45, 7) is 7.21. The quantitative estimate of drug-likeness (QED) is 0.847. The fraction of sp³-hybridized carbons (Fsp3) is 0.412. The summed E-state index contributed by atoms with van der Waals surface area (Å²) in [5.74, 6) is -0.0974. The lowest BCUT2D eigenvalue weighted by molar-refractivity contribution is 0.0726. The van der Waals surface area contributed by atoms with Crippen molar-refractivity contribution in [3.8, 4) is 0 Å². The molecule has 0 unspecified atom stereocenters. The number of benzene rings is 1. The fourth-order valence-electron chi connectivity index (χ4n) is 2.31. The topological polar surface area (TPSA) is 50.5 Å². The lowest BCUT2D eigenvalue weighted by atomic mass is 10.1.